The number of carbonyl (C=O) groups is 1. The Hall–Kier alpha value is -3.36. The lowest BCUT2D eigenvalue weighted by molar-refractivity contribution is 0.0696. The van der Waals surface area contributed by atoms with Gasteiger partial charge in [0.1, 0.15) is 10.6 Å². The largest absolute Gasteiger partial charge is 0.478 e. The van der Waals surface area contributed by atoms with E-state index in [0.29, 0.717) is 37.6 Å². The number of anilines is 1. The van der Waals surface area contributed by atoms with Crippen molar-refractivity contribution >= 4 is 21.7 Å². The predicted octanol–water partition coefficient (Wildman–Crippen LogP) is 7.04. The second kappa shape index (κ2) is 13.1. The minimum Gasteiger partial charge on any atom is -0.478 e. The third kappa shape index (κ3) is 6.81. The number of nitrogens with zero attached hydrogens (tertiary/aromatic N) is 2. The predicted molar refractivity (Wildman–Crippen MR) is 155 cm³/mol. The summed E-state index contributed by atoms with van der Waals surface area (Å²) in [6, 6.07) is 20.3. The van der Waals surface area contributed by atoms with E-state index in [1.165, 1.54) is 10.4 Å². The Bertz CT molecular complexity index is 1340. The number of carboxylic acids is 1. The third-order valence-corrected chi connectivity index (χ3v) is 8.95. The number of hydrogen-bond acceptors (Lipinski definition) is 5. The van der Waals surface area contributed by atoms with E-state index in [1.54, 1.807) is 6.07 Å². The van der Waals surface area contributed by atoms with Crippen LogP contribution in [0.2, 0.25) is 0 Å². The Labute approximate surface area is 232 Å². The number of carboxylic acid groups (broad SMARTS) is 1. The van der Waals surface area contributed by atoms with E-state index in [-0.39, 0.29) is 16.2 Å². The molecule has 0 radical (unpaired) electrons. The Morgan fingerprint density at radius 1 is 0.897 bits per heavy atom. The average Bonchev–Trinajstić information content (AvgIpc) is 3.50. The first-order valence-corrected chi connectivity index (χ1v) is 15.3. The van der Waals surface area contributed by atoms with Crippen molar-refractivity contribution < 1.29 is 23.1 Å². The van der Waals surface area contributed by atoms with E-state index >= 15 is 0 Å². The highest BCUT2D eigenvalue weighted by Gasteiger charge is 2.34. The molecule has 0 bridgehead atoms. The van der Waals surface area contributed by atoms with Crippen LogP contribution in [0.25, 0.3) is 11.1 Å². The van der Waals surface area contributed by atoms with Crippen molar-refractivity contribution in [3.05, 3.63) is 72.3 Å². The fourth-order valence-corrected chi connectivity index (χ4v) is 6.50. The fourth-order valence-electron chi connectivity index (χ4n) is 4.82. The van der Waals surface area contributed by atoms with E-state index in [9.17, 15) is 18.3 Å². The molecule has 7 nitrogen and oxygen atoms in total. The van der Waals surface area contributed by atoms with Gasteiger partial charge in [0.2, 0.25) is 10.0 Å². The summed E-state index contributed by atoms with van der Waals surface area (Å²) in [6.07, 6.45) is 5.25. The van der Waals surface area contributed by atoms with E-state index in [4.69, 9.17) is 4.74 Å². The second-order valence-electron chi connectivity index (χ2n) is 9.93. The summed E-state index contributed by atoms with van der Waals surface area (Å²) >= 11 is 0. The summed E-state index contributed by atoms with van der Waals surface area (Å²) in [5.41, 5.74) is 2.52. The van der Waals surface area contributed by atoms with Gasteiger partial charge in [0, 0.05) is 26.2 Å². The van der Waals surface area contributed by atoms with Crippen LogP contribution < -0.4 is 9.64 Å². The normalized spacial score (nSPS) is 13.9. The van der Waals surface area contributed by atoms with Crippen LogP contribution in [-0.2, 0) is 10.0 Å². The van der Waals surface area contributed by atoms with Crippen molar-refractivity contribution in [1.82, 2.24) is 4.31 Å². The minimum absolute atomic E-state index is 0.0625. The van der Waals surface area contributed by atoms with Gasteiger partial charge in [-0.3, -0.25) is 0 Å². The summed E-state index contributed by atoms with van der Waals surface area (Å²) < 4.78 is 35.6. The van der Waals surface area contributed by atoms with Gasteiger partial charge in [-0.1, -0.05) is 69.2 Å². The molecule has 8 heteroatoms. The van der Waals surface area contributed by atoms with Crippen molar-refractivity contribution in [2.24, 2.45) is 0 Å². The van der Waals surface area contributed by atoms with Gasteiger partial charge < -0.3 is 14.7 Å². The molecule has 3 aromatic rings. The van der Waals surface area contributed by atoms with E-state index in [0.717, 1.165) is 49.7 Å². The molecule has 1 aliphatic heterocycles. The van der Waals surface area contributed by atoms with Gasteiger partial charge in [-0.2, -0.15) is 4.31 Å². The van der Waals surface area contributed by atoms with E-state index in [2.05, 4.69) is 18.7 Å². The van der Waals surface area contributed by atoms with Crippen LogP contribution >= 0.6 is 0 Å². The molecule has 0 aromatic heterocycles. The lowest BCUT2D eigenvalue weighted by Gasteiger charge is -2.29. The number of unbranched alkanes of at least 4 members (excludes halogenated alkanes) is 2. The molecule has 0 unspecified atom stereocenters. The highest BCUT2D eigenvalue weighted by atomic mass is 32.2. The zero-order chi connectivity index (χ0) is 27.8. The summed E-state index contributed by atoms with van der Waals surface area (Å²) in [7, 11) is -3.98. The Kier molecular flexibility index (Phi) is 9.64. The Morgan fingerprint density at radius 2 is 1.49 bits per heavy atom. The van der Waals surface area contributed by atoms with Gasteiger partial charge >= 0.3 is 5.97 Å². The molecule has 0 amide bonds. The summed E-state index contributed by atoms with van der Waals surface area (Å²) in [5, 5.41) is 9.95. The van der Waals surface area contributed by atoms with Crippen LogP contribution in [0.1, 0.15) is 62.7 Å². The standard InChI is InChI=1S/C31H38N2O5S/c1-3-5-18-32(19-6-4-2)28-22-26(31(34)35)23-29(39(36,37)33-20-10-11-21-33)30(28)38-27-16-14-25(15-17-27)24-12-8-7-9-13-24/h7-9,12-17,22-23H,3-6,10-11,18-21H2,1-2H3,(H,34,35). The molecule has 3 aromatic carbocycles. The summed E-state index contributed by atoms with van der Waals surface area (Å²) in [4.78, 5) is 14.2. The topological polar surface area (TPSA) is 87.2 Å². The zero-order valence-electron chi connectivity index (χ0n) is 22.8. The third-order valence-electron chi connectivity index (χ3n) is 7.05. The van der Waals surface area contributed by atoms with Crippen molar-refractivity contribution in [3.63, 3.8) is 0 Å². The van der Waals surface area contributed by atoms with Gasteiger partial charge in [0.05, 0.1) is 11.3 Å². The van der Waals surface area contributed by atoms with Crippen molar-refractivity contribution in [3.8, 4) is 22.6 Å². The molecule has 0 spiro atoms. The molecule has 208 valence electrons. The molecular weight excluding hydrogens is 512 g/mol. The Balaban J connectivity index is 1.85. The summed E-state index contributed by atoms with van der Waals surface area (Å²) in [6.45, 7) is 6.37. The van der Waals surface area contributed by atoms with Gasteiger partial charge in [0.25, 0.3) is 0 Å². The first-order valence-electron chi connectivity index (χ1n) is 13.8. The average molecular weight is 551 g/mol. The first-order chi connectivity index (χ1) is 18.8. The van der Waals surface area contributed by atoms with Gasteiger partial charge in [-0.15, -0.1) is 0 Å². The van der Waals surface area contributed by atoms with Crippen LogP contribution in [0, 0.1) is 0 Å². The molecule has 0 aliphatic carbocycles. The van der Waals surface area contributed by atoms with Crippen LogP contribution in [-0.4, -0.2) is 50.0 Å². The monoisotopic (exact) mass is 550 g/mol. The lowest BCUT2D eigenvalue weighted by atomic mass is 10.1. The maximum Gasteiger partial charge on any atom is 0.335 e. The first kappa shape index (κ1) is 28.6. The van der Waals surface area contributed by atoms with Crippen LogP contribution in [0.4, 0.5) is 5.69 Å². The molecule has 39 heavy (non-hydrogen) atoms. The number of hydrogen-bond donors (Lipinski definition) is 1. The minimum atomic E-state index is -3.98. The molecule has 0 saturated carbocycles. The maximum absolute atomic E-state index is 13.9. The maximum atomic E-state index is 13.9. The lowest BCUT2D eigenvalue weighted by Crippen LogP contribution is -2.30. The number of aromatic carboxylic acids is 1. The van der Waals surface area contributed by atoms with Gasteiger partial charge in [-0.25, -0.2) is 13.2 Å². The van der Waals surface area contributed by atoms with Crippen LogP contribution in [0.5, 0.6) is 11.5 Å². The fraction of sp³-hybridized carbons (Fsp3) is 0.387. The zero-order valence-corrected chi connectivity index (χ0v) is 23.6. The van der Waals surface area contributed by atoms with Gasteiger partial charge in [0.15, 0.2) is 5.75 Å². The highest BCUT2D eigenvalue weighted by Crippen LogP contribution is 2.42. The van der Waals surface area contributed by atoms with E-state index in [1.807, 2.05) is 54.6 Å². The van der Waals surface area contributed by atoms with Crippen molar-refractivity contribution in [2.45, 2.75) is 57.3 Å². The van der Waals surface area contributed by atoms with Crippen LogP contribution in [0.15, 0.2) is 71.6 Å². The molecule has 1 heterocycles. The number of sulfonamides is 1. The SMILES string of the molecule is CCCCN(CCCC)c1cc(C(=O)O)cc(S(=O)(=O)N2CCCC2)c1Oc1ccc(-c2ccccc2)cc1. The number of ether oxygens (including phenoxy) is 1. The van der Waals surface area contributed by atoms with Gasteiger partial charge in [-0.05, 0) is 61.1 Å². The Morgan fingerprint density at radius 3 is 2.05 bits per heavy atom. The molecular formula is C31H38N2O5S. The number of benzene rings is 3. The molecule has 1 fully saturated rings. The molecule has 1 saturated heterocycles. The summed E-state index contributed by atoms with van der Waals surface area (Å²) in [5.74, 6) is -0.492. The molecule has 0 atom stereocenters. The number of rotatable bonds is 13. The van der Waals surface area contributed by atoms with Crippen molar-refractivity contribution in [2.75, 3.05) is 31.1 Å². The molecule has 4 rings (SSSR count). The highest BCUT2D eigenvalue weighted by molar-refractivity contribution is 7.89. The van der Waals surface area contributed by atoms with E-state index < -0.39 is 16.0 Å². The molecule has 1 aliphatic rings. The molecule has 1 N–H and O–H groups in total. The van der Waals surface area contributed by atoms with Crippen LogP contribution in [0.3, 0.4) is 0 Å². The smallest absolute Gasteiger partial charge is 0.335 e. The second-order valence-corrected chi connectivity index (χ2v) is 11.8. The quantitative estimate of drug-likeness (QED) is 0.246. The van der Waals surface area contributed by atoms with Crippen molar-refractivity contribution in [1.29, 1.82) is 0 Å².